The Labute approximate surface area is 99.7 Å². The molecule has 3 N–H and O–H groups in total. The first-order chi connectivity index (χ1) is 7.81. The van der Waals surface area contributed by atoms with Crippen molar-refractivity contribution < 1.29 is 4.74 Å². The first-order valence-electron chi connectivity index (χ1n) is 5.43. The molecule has 2 atom stereocenters. The van der Waals surface area contributed by atoms with Gasteiger partial charge in [0.2, 0.25) is 0 Å². The van der Waals surface area contributed by atoms with Gasteiger partial charge in [0.05, 0.1) is 18.8 Å². The van der Waals surface area contributed by atoms with Gasteiger partial charge in [-0.05, 0) is 0 Å². The number of nitrogens with one attached hydrogen (secondary N) is 1. The van der Waals surface area contributed by atoms with Crippen molar-refractivity contribution in [1.29, 1.82) is 0 Å². The summed E-state index contributed by atoms with van der Waals surface area (Å²) in [5.74, 6) is 8.70. The summed E-state index contributed by atoms with van der Waals surface area (Å²) < 4.78 is 7.73. The summed E-state index contributed by atoms with van der Waals surface area (Å²) in [5, 5.41) is 0. The van der Waals surface area contributed by atoms with Crippen LogP contribution in [0.1, 0.15) is 5.82 Å². The lowest BCUT2D eigenvalue weighted by atomic mass is 10.1. The van der Waals surface area contributed by atoms with Crippen molar-refractivity contribution in [3.8, 4) is 0 Å². The van der Waals surface area contributed by atoms with Crippen molar-refractivity contribution in [2.45, 2.75) is 18.6 Å². The summed E-state index contributed by atoms with van der Waals surface area (Å²) in [4.78, 5) is 4.30. The predicted molar refractivity (Wildman–Crippen MR) is 65.1 cm³/mol. The number of nitrogens with zero attached hydrogens (tertiary/aromatic N) is 2. The molecular weight excluding hydrogens is 224 g/mol. The quantitative estimate of drug-likeness (QED) is 0.571. The highest BCUT2D eigenvalue weighted by Gasteiger charge is 2.25. The second-order valence-corrected chi connectivity index (χ2v) is 5.07. The van der Waals surface area contributed by atoms with Crippen LogP contribution >= 0.6 is 11.8 Å². The summed E-state index contributed by atoms with van der Waals surface area (Å²) in [7, 11) is 1.99. The Morgan fingerprint density at radius 3 is 3.25 bits per heavy atom. The maximum atomic E-state index is 5.72. The highest BCUT2D eigenvalue weighted by Crippen LogP contribution is 2.17. The average molecular weight is 242 g/mol. The summed E-state index contributed by atoms with van der Waals surface area (Å²) in [5.41, 5.74) is 2.85. The van der Waals surface area contributed by atoms with E-state index in [4.69, 9.17) is 10.6 Å². The first kappa shape index (κ1) is 11.9. The van der Waals surface area contributed by atoms with E-state index in [1.54, 1.807) is 6.20 Å². The zero-order valence-corrected chi connectivity index (χ0v) is 10.2. The van der Waals surface area contributed by atoms with Crippen molar-refractivity contribution in [3.05, 3.63) is 18.2 Å². The Morgan fingerprint density at radius 2 is 2.69 bits per heavy atom. The van der Waals surface area contributed by atoms with Gasteiger partial charge in [-0.25, -0.2) is 4.98 Å². The van der Waals surface area contributed by atoms with Gasteiger partial charge in [-0.15, -0.1) is 0 Å². The maximum absolute atomic E-state index is 5.72. The van der Waals surface area contributed by atoms with Crippen molar-refractivity contribution in [1.82, 2.24) is 15.0 Å². The van der Waals surface area contributed by atoms with Crippen molar-refractivity contribution in [3.63, 3.8) is 0 Å². The number of hydrogen-bond acceptors (Lipinski definition) is 5. The van der Waals surface area contributed by atoms with E-state index in [1.165, 1.54) is 0 Å². The van der Waals surface area contributed by atoms with E-state index >= 15 is 0 Å². The molecule has 16 heavy (non-hydrogen) atoms. The van der Waals surface area contributed by atoms with Crippen LogP contribution in [-0.4, -0.2) is 39.8 Å². The van der Waals surface area contributed by atoms with Gasteiger partial charge in [-0.1, -0.05) is 0 Å². The Bertz CT molecular complexity index is 324. The van der Waals surface area contributed by atoms with Gasteiger partial charge >= 0.3 is 0 Å². The lowest BCUT2D eigenvalue weighted by Crippen LogP contribution is -2.49. The third-order valence-electron chi connectivity index (χ3n) is 2.83. The zero-order chi connectivity index (χ0) is 11.4. The minimum atomic E-state index is 0.133. The third kappa shape index (κ3) is 2.76. The Kier molecular flexibility index (Phi) is 4.22. The van der Waals surface area contributed by atoms with Crippen molar-refractivity contribution in [2.24, 2.45) is 12.9 Å². The van der Waals surface area contributed by atoms with Gasteiger partial charge in [-0.3, -0.25) is 11.3 Å². The molecular formula is C10H18N4OS. The second-order valence-electron chi connectivity index (χ2n) is 3.92. The Hall–Kier alpha value is -0.560. The van der Waals surface area contributed by atoms with E-state index in [1.807, 2.05) is 29.6 Å². The van der Waals surface area contributed by atoms with Gasteiger partial charge in [0.15, 0.2) is 0 Å². The molecule has 0 aromatic carbocycles. The molecule has 1 saturated heterocycles. The summed E-state index contributed by atoms with van der Waals surface area (Å²) in [6.45, 7) is 0.814. The van der Waals surface area contributed by atoms with Crippen LogP contribution in [0, 0.1) is 0 Å². The Balaban J connectivity index is 1.97. The molecule has 0 aliphatic carbocycles. The molecule has 1 aliphatic rings. The van der Waals surface area contributed by atoms with Gasteiger partial charge in [-0.2, -0.15) is 11.8 Å². The molecule has 1 fully saturated rings. The van der Waals surface area contributed by atoms with E-state index in [2.05, 4.69) is 10.4 Å². The molecule has 2 heterocycles. The summed E-state index contributed by atoms with van der Waals surface area (Å²) in [6.07, 6.45) is 4.73. The van der Waals surface area contributed by atoms with Gasteiger partial charge < -0.3 is 9.30 Å². The van der Waals surface area contributed by atoms with Crippen LogP contribution in [0.15, 0.2) is 12.4 Å². The number of nitrogens with two attached hydrogens (primary N) is 1. The molecule has 5 nitrogen and oxygen atoms in total. The largest absolute Gasteiger partial charge is 0.375 e. The molecule has 1 aromatic heterocycles. The molecule has 0 spiro atoms. The van der Waals surface area contributed by atoms with Crippen LogP contribution in [-0.2, 0) is 18.2 Å². The van der Waals surface area contributed by atoms with E-state index in [0.717, 1.165) is 30.4 Å². The molecule has 0 amide bonds. The van der Waals surface area contributed by atoms with Crippen molar-refractivity contribution >= 4 is 11.8 Å². The standard InChI is InChI=1S/C10H18N4OS/c1-14-3-2-12-10(14)6-8(13-11)9-7-16-5-4-15-9/h2-3,8-9,13H,4-7,11H2,1H3. The fourth-order valence-corrected chi connectivity index (χ4v) is 2.77. The van der Waals surface area contributed by atoms with Crippen LogP contribution < -0.4 is 11.3 Å². The monoisotopic (exact) mass is 242 g/mol. The highest BCUT2D eigenvalue weighted by molar-refractivity contribution is 7.99. The number of rotatable bonds is 4. The predicted octanol–water partition coefficient (Wildman–Crippen LogP) is -0.0735. The Morgan fingerprint density at radius 1 is 1.81 bits per heavy atom. The molecule has 0 radical (unpaired) electrons. The topological polar surface area (TPSA) is 65.1 Å². The maximum Gasteiger partial charge on any atom is 0.110 e. The number of thioether (sulfide) groups is 1. The van der Waals surface area contributed by atoms with Gasteiger partial charge in [0.25, 0.3) is 0 Å². The van der Waals surface area contributed by atoms with Crippen LogP contribution in [0.3, 0.4) is 0 Å². The van der Waals surface area contributed by atoms with Gasteiger partial charge in [0, 0.05) is 37.4 Å². The first-order valence-corrected chi connectivity index (χ1v) is 6.58. The summed E-state index contributed by atoms with van der Waals surface area (Å²) in [6, 6.07) is 0.133. The number of hydrazine groups is 1. The van der Waals surface area contributed by atoms with Crippen LogP contribution in [0.5, 0.6) is 0 Å². The third-order valence-corrected chi connectivity index (χ3v) is 3.85. The highest BCUT2D eigenvalue weighted by atomic mass is 32.2. The molecule has 1 aromatic rings. The normalized spacial score (nSPS) is 23.2. The molecule has 0 bridgehead atoms. The van der Waals surface area contributed by atoms with E-state index < -0.39 is 0 Å². The molecule has 0 saturated carbocycles. The SMILES string of the molecule is Cn1ccnc1CC(NN)C1CSCCO1. The second kappa shape index (κ2) is 5.67. The number of aryl methyl sites for hydroxylation is 1. The lowest BCUT2D eigenvalue weighted by Gasteiger charge is -2.29. The zero-order valence-electron chi connectivity index (χ0n) is 9.43. The van der Waals surface area contributed by atoms with E-state index in [0.29, 0.717) is 0 Å². The average Bonchev–Trinajstić information content (AvgIpc) is 2.73. The van der Waals surface area contributed by atoms with Crippen LogP contribution in [0.4, 0.5) is 0 Å². The molecule has 2 rings (SSSR count). The smallest absolute Gasteiger partial charge is 0.110 e. The van der Waals surface area contributed by atoms with Crippen LogP contribution in [0.25, 0.3) is 0 Å². The number of ether oxygens (including phenoxy) is 1. The van der Waals surface area contributed by atoms with Gasteiger partial charge in [0.1, 0.15) is 5.82 Å². The molecule has 2 unspecified atom stereocenters. The number of imidazole rings is 1. The fraction of sp³-hybridized carbons (Fsp3) is 0.700. The molecule has 1 aliphatic heterocycles. The molecule has 6 heteroatoms. The number of aromatic nitrogens is 2. The van der Waals surface area contributed by atoms with Crippen molar-refractivity contribution in [2.75, 3.05) is 18.1 Å². The minimum Gasteiger partial charge on any atom is -0.375 e. The fourth-order valence-electron chi connectivity index (χ4n) is 1.83. The van der Waals surface area contributed by atoms with E-state index in [-0.39, 0.29) is 12.1 Å². The van der Waals surface area contributed by atoms with E-state index in [9.17, 15) is 0 Å². The molecule has 90 valence electrons. The number of hydrogen-bond donors (Lipinski definition) is 2. The summed E-state index contributed by atoms with van der Waals surface area (Å²) >= 11 is 1.92. The minimum absolute atomic E-state index is 0.133. The lowest BCUT2D eigenvalue weighted by molar-refractivity contribution is 0.0465. The van der Waals surface area contributed by atoms with Crippen LogP contribution in [0.2, 0.25) is 0 Å².